The SMILES string of the molecule is C=C(c1ccccc1SN)N1CCN(CC[C@@H]2CCCCN2C(=O)/C=C\c2ccc(O)c(O)c2)CC1. The first-order chi connectivity index (χ1) is 17.5. The van der Waals surface area contributed by atoms with Gasteiger partial charge in [0.05, 0.1) is 0 Å². The summed E-state index contributed by atoms with van der Waals surface area (Å²) in [6.07, 6.45) is 7.44. The van der Waals surface area contributed by atoms with E-state index in [9.17, 15) is 15.0 Å². The Kier molecular flexibility index (Phi) is 8.96. The van der Waals surface area contributed by atoms with Crippen molar-refractivity contribution < 1.29 is 15.0 Å². The van der Waals surface area contributed by atoms with Gasteiger partial charge in [-0.05, 0) is 67.5 Å². The maximum Gasteiger partial charge on any atom is 0.246 e. The molecule has 2 saturated heterocycles. The van der Waals surface area contributed by atoms with E-state index in [1.165, 1.54) is 24.1 Å². The van der Waals surface area contributed by atoms with E-state index in [1.807, 2.05) is 23.1 Å². The number of rotatable bonds is 8. The number of piperidine rings is 1. The highest BCUT2D eigenvalue weighted by atomic mass is 32.2. The number of nitrogens with two attached hydrogens (primary N) is 1. The highest BCUT2D eigenvalue weighted by Gasteiger charge is 2.27. The average Bonchev–Trinajstić information content (AvgIpc) is 2.92. The van der Waals surface area contributed by atoms with Gasteiger partial charge in [0.25, 0.3) is 0 Å². The van der Waals surface area contributed by atoms with Crippen LogP contribution in [0.15, 0.2) is 60.0 Å². The zero-order valence-electron chi connectivity index (χ0n) is 20.7. The minimum absolute atomic E-state index is 0.00446. The lowest BCUT2D eigenvalue weighted by molar-refractivity contribution is -0.129. The number of nitrogens with zero attached hydrogens (tertiary/aromatic N) is 3. The van der Waals surface area contributed by atoms with Crippen molar-refractivity contribution in [3.05, 3.63) is 66.2 Å². The summed E-state index contributed by atoms with van der Waals surface area (Å²) >= 11 is 1.26. The first-order valence-electron chi connectivity index (χ1n) is 12.6. The second-order valence-electron chi connectivity index (χ2n) is 9.44. The number of likely N-dealkylation sites (tertiary alicyclic amines) is 1. The van der Waals surface area contributed by atoms with Gasteiger partial charge in [0.2, 0.25) is 5.91 Å². The van der Waals surface area contributed by atoms with Crippen LogP contribution in [0.25, 0.3) is 11.8 Å². The molecule has 7 nitrogen and oxygen atoms in total. The fourth-order valence-corrected chi connectivity index (χ4v) is 5.52. The number of phenols is 2. The predicted molar refractivity (Wildman–Crippen MR) is 146 cm³/mol. The van der Waals surface area contributed by atoms with Crippen LogP contribution in [-0.4, -0.2) is 76.1 Å². The van der Waals surface area contributed by atoms with Gasteiger partial charge in [-0.25, -0.2) is 0 Å². The molecule has 2 aliphatic rings. The summed E-state index contributed by atoms with van der Waals surface area (Å²) in [5, 5.41) is 25.0. The molecule has 2 aromatic carbocycles. The van der Waals surface area contributed by atoms with Crippen LogP contribution in [0.1, 0.15) is 36.8 Å². The van der Waals surface area contributed by atoms with Gasteiger partial charge in [-0.3, -0.25) is 14.8 Å². The van der Waals surface area contributed by atoms with E-state index in [-0.39, 0.29) is 23.4 Å². The van der Waals surface area contributed by atoms with Crippen molar-refractivity contribution in [1.29, 1.82) is 0 Å². The quantitative estimate of drug-likeness (QED) is 0.280. The molecule has 0 saturated carbocycles. The smallest absolute Gasteiger partial charge is 0.246 e. The molecule has 0 aliphatic carbocycles. The summed E-state index contributed by atoms with van der Waals surface area (Å²) in [6, 6.07) is 12.9. The number of aromatic hydroxyl groups is 2. The maximum absolute atomic E-state index is 13.0. The highest BCUT2D eigenvalue weighted by Crippen LogP contribution is 2.28. The summed E-state index contributed by atoms with van der Waals surface area (Å²) in [4.78, 5) is 20.8. The largest absolute Gasteiger partial charge is 0.504 e. The van der Waals surface area contributed by atoms with Gasteiger partial charge < -0.3 is 20.0 Å². The van der Waals surface area contributed by atoms with E-state index in [0.29, 0.717) is 5.56 Å². The number of amides is 1. The van der Waals surface area contributed by atoms with E-state index >= 15 is 0 Å². The fourth-order valence-electron chi connectivity index (χ4n) is 5.05. The van der Waals surface area contributed by atoms with Crippen molar-refractivity contribution >= 4 is 29.6 Å². The minimum Gasteiger partial charge on any atom is -0.504 e. The molecule has 0 bridgehead atoms. The predicted octanol–water partition coefficient (Wildman–Crippen LogP) is 4.14. The number of carbonyl (C=O) groups is 1. The molecule has 8 heteroatoms. The van der Waals surface area contributed by atoms with Gasteiger partial charge in [-0.2, -0.15) is 0 Å². The molecule has 2 fully saturated rings. The maximum atomic E-state index is 13.0. The number of piperazine rings is 1. The highest BCUT2D eigenvalue weighted by molar-refractivity contribution is 7.97. The van der Waals surface area contributed by atoms with Crippen LogP contribution < -0.4 is 5.14 Å². The number of benzene rings is 2. The third-order valence-electron chi connectivity index (χ3n) is 7.19. The Hall–Kier alpha value is -2.94. The van der Waals surface area contributed by atoms with Crippen molar-refractivity contribution in [3.63, 3.8) is 0 Å². The Morgan fingerprint density at radius 3 is 2.58 bits per heavy atom. The standard InChI is InChI=1S/C28H36N4O3S/c1-21(24-7-2-3-8-27(24)36-29)31-18-16-30(17-19-31)15-13-23-6-4-5-14-32(23)28(35)12-10-22-9-11-25(33)26(34)20-22/h2-3,7-12,20,23,33-34H,1,4-6,13-19,29H2/b12-10-/t23-/m0/s1. The van der Waals surface area contributed by atoms with E-state index in [4.69, 9.17) is 5.14 Å². The van der Waals surface area contributed by atoms with Crippen LogP contribution in [0, 0.1) is 0 Å². The molecule has 192 valence electrons. The Morgan fingerprint density at radius 1 is 1.06 bits per heavy atom. The van der Waals surface area contributed by atoms with Crippen molar-refractivity contribution in [1.82, 2.24) is 14.7 Å². The lowest BCUT2D eigenvalue weighted by Gasteiger charge is -2.40. The molecule has 36 heavy (non-hydrogen) atoms. The second-order valence-corrected chi connectivity index (χ2v) is 10.1. The van der Waals surface area contributed by atoms with Crippen LogP contribution in [0.3, 0.4) is 0 Å². The molecule has 2 aliphatic heterocycles. The zero-order valence-corrected chi connectivity index (χ0v) is 21.5. The van der Waals surface area contributed by atoms with Gasteiger partial charge in [0.1, 0.15) is 0 Å². The van der Waals surface area contributed by atoms with Crippen LogP contribution in [-0.2, 0) is 4.79 Å². The number of hydrogen-bond acceptors (Lipinski definition) is 7. The van der Waals surface area contributed by atoms with Crippen molar-refractivity contribution in [2.45, 2.75) is 36.6 Å². The van der Waals surface area contributed by atoms with Gasteiger partial charge >= 0.3 is 0 Å². The lowest BCUT2D eigenvalue weighted by Crippen LogP contribution is -2.48. The molecule has 0 unspecified atom stereocenters. The minimum atomic E-state index is -0.188. The lowest BCUT2D eigenvalue weighted by atomic mass is 9.98. The van der Waals surface area contributed by atoms with E-state index in [0.717, 1.165) is 81.1 Å². The number of carbonyl (C=O) groups excluding carboxylic acids is 1. The molecule has 1 amide bonds. The van der Waals surface area contributed by atoms with Gasteiger partial charge in [-0.15, -0.1) is 0 Å². The molecule has 1 atom stereocenters. The van der Waals surface area contributed by atoms with E-state index < -0.39 is 0 Å². The summed E-state index contributed by atoms with van der Waals surface area (Å²) in [7, 11) is 0. The topological polar surface area (TPSA) is 93.3 Å². The Labute approximate surface area is 218 Å². The summed E-state index contributed by atoms with van der Waals surface area (Å²) in [6.45, 7) is 9.90. The molecule has 4 rings (SSSR count). The van der Waals surface area contributed by atoms with Crippen LogP contribution in [0.5, 0.6) is 11.5 Å². The van der Waals surface area contributed by atoms with Crippen LogP contribution >= 0.6 is 11.9 Å². The molecule has 4 N–H and O–H groups in total. The second kappa shape index (κ2) is 12.3. The third-order valence-corrected chi connectivity index (χ3v) is 7.80. The first-order valence-corrected chi connectivity index (χ1v) is 13.5. The van der Waals surface area contributed by atoms with Crippen molar-refractivity contribution in [3.8, 4) is 11.5 Å². The molecule has 2 aromatic rings. The number of phenolic OH excluding ortho intramolecular Hbond substituents is 2. The normalized spacial score (nSPS) is 19.1. The molecule has 0 radical (unpaired) electrons. The van der Waals surface area contributed by atoms with Gasteiger partial charge in [0, 0.05) is 67.5 Å². The molecule has 2 heterocycles. The van der Waals surface area contributed by atoms with E-state index in [1.54, 1.807) is 18.2 Å². The Balaban J connectivity index is 1.28. The van der Waals surface area contributed by atoms with Crippen molar-refractivity contribution in [2.75, 3.05) is 39.3 Å². The molecular formula is C28H36N4O3S. The summed E-state index contributed by atoms with van der Waals surface area (Å²) in [5.41, 5.74) is 2.81. The molecule has 0 aromatic heterocycles. The fraction of sp³-hybridized carbons (Fsp3) is 0.393. The summed E-state index contributed by atoms with van der Waals surface area (Å²) in [5.74, 6) is -0.351. The van der Waals surface area contributed by atoms with E-state index in [2.05, 4.69) is 22.4 Å². The average molecular weight is 509 g/mol. The van der Waals surface area contributed by atoms with Crippen molar-refractivity contribution in [2.24, 2.45) is 5.14 Å². The first kappa shape index (κ1) is 26.1. The monoisotopic (exact) mass is 508 g/mol. The molecular weight excluding hydrogens is 472 g/mol. The third kappa shape index (κ3) is 6.43. The Morgan fingerprint density at radius 2 is 1.83 bits per heavy atom. The Bertz CT molecular complexity index is 1100. The van der Waals surface area contributed by atoms with Crippen LogP contribution in [0.4, 0.5) is 0 Å². The summed E-state index contributed by atoms with van der Waals surface area (Å²) < 4.78 is 0. The molecule has 0 spiro atoms. The van der Waals surface area contributed by atoms with Crippen LogP contribution in [0.2, 0.25) is 0 Å². The number of hydrogen-bond donors (Lipinski definition) is 3. The van der Waals surface area contributed by atoms with Gasteiger partial charge in [0.15, 0.2) is 11.5 Å². The van der Waals surface area contributed by atoms with Gasteiger partial charge in [-0.1, -0.05) is 30.8 Å². The zero-order chi connectivity index (χ0) is 25.5.